The number of aromatic nitrogens is 1. The first-order valence-electron chi connectivity index (χ1n) is 9.93. The van der Waals surface area contributed by atoms with E-state index in [1.165, 1.54) is 30.0 Å². The van der Waals surface area contributed by atoms with Gasteiger partial charge in [-0.05, 0) is 49.5 Å². The van der Waals surface area contributed by atoms with Crippen molar-refractivity contribution in [2.75, 3.05) is 14.1 Å². The third-order valence-corrected chi connectivity index (χ3v) is 6.08. The van der Waals surface area contributed by atoms with Gasteiger partial charge in [-0.15, -0.1) is 12.4 Å². The molecule has 1 aromatic heterocycles. The Balaban J connectivity index is 0.00000306. The van der Waals surface area contributed by atoms with Crippen molar-refractivity contribution in [2.24, 2.45) is 0 Å². The van der Waals surface area contributed by atoms with E-state index in [4.69, 9.17) is 0 Å². The number of benzene rings is 3. The molecule has 3 aromatic carbocycles. The number of fused-ring (bicyclic) bond motifs is 1. The van der Waals surface area contributed by atoms with Crippen LogP contribution in [0, 0.1) is 21.7 Å². The molecule has 0 aliphatic heterocycles. The SMILES string of the molecule is CN(C)Cc1ccc2c(Sc3ccccc3[N+](=O)[O-])cn(Cc3cc(F)cc(F)c3)c2c1.Cl. The van der Waals surface area contributed by atoms with Crippen LogP contribution in [-0.4, -0.2) is 28.5 Å². The van der Waals surface area contributed by atoms with E-state index < -0.39 is 16.6 Å². The molecule has 33 heavy (non-hydrogen) atoms. The predicted octanol–water partition coefficient (Wildman–Crippen LogP) is 6.51. The first-order valence-corrected chi connectivity index (χ1v) is 10.7. The average molecular weight is 490 g/mol. The van der Waals surface area contributed by atoms with E-state index in [0.717, 1.165) is 34.0 Å². The second-order valence-corrected chi connectivity index (χ2v) is 8.90. The van der Waals surface area contributed by atoms with Crippen LogP contribution >= 0.6 is 24.2 Å². The average Bonchev–Trinajstić information content (AvgIpc) is 3.03. The van der Waals surface area contributed by atoms with Gasteiger partial charge < -0.3 is 9.47 Å². The van der Waals surface area contributed by atoms with Crippen LogP contribution < -0.4 is 0 Å². The van der Waals surface area contributed by atoms with Crippen LogP contribution in [0.3, 0.4) is 0 Å². The van der Waals surface area contributed by atoms with E-state index in [-0.39, 0.29) is 24.6 Å². The molecule has 0 amide bonds. The maximum atomic E-state index is 13.7. The van der Waals surface area contributed by atoms with Crippen LogP contribution in [0.5, 0.6) is 0 Å². The summed E-state index contributed by atoms with van der Waals surface area (Å²) in [6, 6.07) is 16.1. The van der Waals surface area contributed by atoms with E-state index in [2.05, 4.69) is 11.0 Å². The third-order valence-electron chi connectivity index (χ3n) is 4.97. The Bertz CT molecular complexity index is 1290. The number of hydrogen-bond acceptors (Lipinski definition) is 4. The minimum atomic E-state index is -0.626. The maximum Gasteiger partial charge on any atom is 0.283 e. The van der Waals surface area contributed by atoms with Gasteiger partial charge in [-0.3, -0.25) is 10.1 Å². The van der Waals surface area contributed by atoms with Crippen molar-refractivity contribution in [3.05, 3.63) is 99.7 Å². The standard InChI is InChI=1S/C24H21F2N3O2S.ClH/c1-27(2)13-16-7-8-20-22(11-16)28(14-17-9-18(25)12-19(26)10-17)15-24(20)32-23-6-4-3-5-21(23)29(30)31;/h3-12,15H,13-14H2,1-2H3;1H. The molecule has 172 valence electrons. The quantitative estimate of drug-likeness (QED) is 0.219. The summed E-state index contributed by atoms with van der Waals surface area (Å²) in [7, 11) is 3.96. The van der Waals surface area contributed by atoms with E-state index in [1.54, 1.807) is 18.2 Å². The fraction of sp³-hybridized carbons (Fsp3) is 0.167. The lowest BCUT2D eigenvalue weighted by Crippen LogP contribution is -2.10. The van der Waals surface area contributed by atoms with E-state index in [9.17, 15) is 18.9 Å². The van der Waals surface area contributed by atoms with Gasteiger partial charge in [0.1, 0.15) is 11.6 Å². The monoisotopic (exact) mass is 489 g/mol. The largest absolute Gasteiger partial charge is 0.342 e. The summed E-state index contributed by atoms with van der Waals surface area (Å²) < 4.78 is 29.4. The van der Waals surface area contributed by atoms with Crippen molar-refractivity contribution in [3.8, 4) is 0 Å². The van der Waals surface area contributed by atoms with Gasteiger partial charge in [0, 0.05) is 47.2 Å². The van der Waals surface area contributed by atoms with Crippen molar-refractivity contribution in [1.82, 2.24) is 9.47 Å². The highest BCUT2D eigenvalue weighted by atomic mass is 35.5. The molecule has 0 atom stereocenters. The van der Waals surface area contributed by atoms with Gasteiger partial charge in [-0.1, -0.05) is 36.0 Å². The number of nitro benzene ring substituents is 1. The van der Waals surface area contributed by atoms with Crippen LogP contribution in [0.4, 0.5) is 14.5 Å². The fourth-order valence-corrected chi connectivity index (χ4v) is 4.78. The molecule has 0 aliphatic carbocycles. The molecule has 0 aliphatic rings. The summed E-state index contributed by atoms with van der Waals surface area (Å²) in [4.78, 5) is 14.5. The number of hydrogen-bond donors (Lipinski definition) is 0. The Morgan fingerprint density at radius 2 is 1.67 bits per heavy atom. The van der Waals surface area contributed by atoms with Crippen LogP contribution in [-0.2, 0) is 13.1 Å². The van der Waals surface area contributed by atoms with Crippen LogP contribution in [0.1, 0.15) is 11.1 Å². The molecule has 1 heterocycles. The molecule has 0 N–H and O–H groups in total. The molecule has 5 nitrogen and oxygen atoms in total. The van der Waals surface area contributed by atoms with Crippen LogP contribution in [0.15, 0.2) is 76.7 Å². The van der Waals surface area contributed by atoms with E-state index in [1.807, 2.05) is 37.0 Å². The minimum absolute atomic E-state index is 0. The van der Waals surface area contributed by atoms with Crippen molar-refractivity contribution < 1.29 is 13.7 Å². The Morgan fingerprint density at radius 1 is 0.970 bits per heavy atom. The molecule has 0 saturated heterocycles. The highest BCUT2D eigenvalue weighted by Crippen LogP contribution is 2.39. The lowest BCUT2D eigenvalue weighted by Gasteiger charge is -2.11. The fourth-order valence-electron chi connectivity index (χ4n) is 3.69. The van der Waals surface area contributed by atoms with Crippen LogP contribution in [0.25, 0.3) is 10.9 Å². The van der Waals surface area contributed by atoms with Gasteiger partial charge in [-0.2, -0.15) is 0 Å². The topological polar surface area (TPSA) is 51.3 Å². The second kappa shape index (κ2) is 10.3. The molecule has 0 bridgehead atoms. The zero-order valence-corrected chi connectivity index (χ0v) is 19.6. The van der Waals surface area contributed by atoms with Gasteiger partial charge in [0.05, 0.1) is 9.82 Å². The highest BCUT2D eigenvalue weighted by molar-refractivity contribution is 7.99. The predicted molar refractivity (Wildman–Crippen MR) is 129 cm³/mol. The summed E-state index contributed by atoms with van der Waals surface area (Å²) in [6.07, 6.45) is 1.88. The molecule has 9 heteroatoms. The number of nitrogens with zero attached hydrogens (tertiary/aromatic N) is 3. The Kier molecular flexibility index (Phi) is 7.73. The summed E-state index contributed by atoms with van der Waals surface area (Å²) in [5.41, 5.74) is 2.53. The maximum absolute atomic E-state index is 13.7. The number of rotatable bonds is 7. The van der Waals surface area contributed by atoms with Gasteiger partial charge in [0.15, 0.2) is 0 Å². The van der Waals surface area contributed by atoms with Crippen molar-refractivity contribution in [3.63, 3.8) is 0 Å². The van der Waals surface area contributed by atoms with Gasteiger partial charge >= 0.3 is 0 Å². The number of para-hydroxylation sites is 1. The Labute approximate surface area is 200 Å². The summed E-state index contributed by atoms with van der Waals surface area (Å²) in [6.45, 7) is 1.01. The Morgan fingerprint density at radius 3 is 2.33 bits per heavy atom. The lowest BCUT2D eigenvalue weighted by molar-refractivity contribution is -0.387. The third kappa shape index (κ3) is 5.71. The molecule has 0 fully saturated rings. The van der Waals surface area contributed by atoms with Crippen molar-refractivity contribution in [2.45, 2.75) is 22.9 Å². The number of nitro groups is 1. The zero-order valence-electron chi connectivity index (χ0n) is 18.0. The second-order valence-electron chi connectivity index (χ2n) is 7.82. The highest BCUT2D eigenvalue weighted by Gasteiger charge is 2.17. The summed E-state index contributed by atoms with van der Waals surface area (Å²) in [5.74, 6) is -1.25. The van der Waals surface area contributed by atoms with Gasteiger partial charge in [-0.25, -0.2) is 8.78 Å². The molecular formula is C24H22ClF2N3O2S. The minimum Gasteiger partial charge on any atom is -0.342 e. The zero-order chi connectivity index (χ0) is 22.8. The van der Waals surface area contributed by atoms with Gasteiger partial charge in [0.25, 0.3) is 5.69 Å². The molecular weight excluding hydrogens is 468 g/mol. The van der Waals surface area contributed by atoms with E-state index in [0.29, 0.717) is 10.5 Å². The number of halogens is 3. The molecule has 0 radical (unpaired) electrons. The van der Waals surface area contributed by atoms with Crippen molar-refractivity contribution >= 4 is 40.8 Å². The summed E-state index contributed by atoms with van der Waals surface area (Å²) >= 11 is 1.31. The molecule has 4 aromatic rings. The molecule has 4 rings (SSSR count). The first-order chi connectivity index (χ1) is 15.3. The molecule has 0 unspecified atom stereocenters. The van der Waals surface area contributed by atoms with Gasteiger partial charge in [0.2, 0.25) is 0 Å². The lowest BCUT2D eigenvalue weighted by atomic mass is 10.1. The summed E-state index contributed by atoms with van der Waals surface area (Å²) in [5, 5.41) is 12.4. The first kappa shape index (κ1) is 24.7. The smallest absolute Gasteiger partial charge is 0.283 e. The molecule has 0 spiro atoms. The Hall–Kier alpha value is -2.94. The van der Waals surface area contributed by atoms with Crippen LogP contribution in [0.2, 0.25) is 0 Å². The van der Waals surface area contributed by atoms with E-state index >= 15 is 0 Å². The molecule has 0 saturated carbocycles. The van der Waals surface area contributed by atoms with Crippen molar-refractivity contribution in [1.29, 1.82) is 0 Å². The normalized spacial score (nSPS) is 11.1.